The van der Waals surface area contributed by atoms with Crippen LogP contribution in [0, 0.1) is 6.92 Å². The van der Waals surface area contributed by atoms with Crippen molar-refractivity contribution in [3.63, 3.8) is 0 Å². The minimum Gasteiger partial charge on any atom is -0.457 e. The molecule has 0 aromatic heterocycles. The van der Waals surface area contributed by atoms with E-state index in [1.807, 2.05) is 48.5 Å². The molecule has 0 atom stereocenters. The van der Waals surface area contributed by atoms with Gasteiger partial charge in [0.25, 0.3) is 0 Å². The summed E-state index contributed by atoms with van der Waals surface area (Å²) in [5, 5.41) is 0. The summed E-state index contributed by atoms with van der Waals surface area (Å²) in [4.78, 5) is 0. The third-order valence-corrected chi connectivity index (χ3v) is 2.73. The van der Waals surface area contributed by atoms with E-state index in [1.165, 1.54) is 0 Å². The predicted octanol–water partition coefficient (Wildman–Crippen LogP) is 3.64. The third-order valence-electron chi connectivity index (χ3n) is 2.73. The fourth-order valence-electron chi connectivity index (χ4n) is 1.95. The van der Waals surface area contributed by atoms with Crippen molar-refractivity contribution in [3.05, 3.63) is 66.6 Å². The number of hydrogen-bond donors (Lipinski definition) is 0. The van der Waals surface area contributed by atoms with Gasteiger partial charge in [0.15, 0.2) is 0 Å². The van der Waals surface area contributed by atoms with Gasteiger partial charge in [-0.05, 0) is 19.1 Å². The first-order valence-electron chi connectivity index (χ1n) is 4.97. The van der Waals surface area contributed by atoms with E-state index in [9.17, 15) is 0 Å². The lowest BCUT2D eigenvalue weighted by Gasteiger charge is -2.25. The highest BCUT2D eigenvalue weighted by Crippen LogP contribution is 2.42. The molecule has 0 saturated carbocycles. The molecule has 72 valence electrons. The number of hydrogen-bond acceptors (Lipinski definition) is 1. The van der Waals surface area contributed by atoms with Gasteiger partial charge in [-0.1, -0.05) is 36.4 Å². The number of benzene rings is 2. The molecule has 15 heavy (non-hydrogen) atoms. The maximum absolute atomic E-state index is 6.18. The van der Waals surface area contributed by atoms with Crippen LogP contribution in [0.15, 0.2) is 48.5 Å². The Labute approximate surface area is 89.3 Å². The fourth-order valence-corrected chi connectivity index (χ4v) is 1.95. The standard InChI is InChI=1S/C14H10O/c1-10-11-6-2-4-8-13(11)15-14-9-5-3-7-12(10)14/h1-10H. The second-order valence-electron chi connectivity index (χ2n) is 3.66. The largest absolute Gasteiger partial charge is 0.457 e. The Hall–Kier alpha value is -1.76. The molecule has 0 aliphatic carbocycles. The zero-order chi connectivity index (χ0) is 10.3. The van der Waals surface area contributed by atoms with Crippen molar-refractivity contribution < 1.29 is 4.74 Å². The molecule has 1 nitrogen and oxygen atoms in total. The summed E-state index contributed by atoms with van der Waals surface area (Å²) in [5.41, 5.74) is 2.10. The van der Waals surface area contributed by atoms with Gasteiger partial charge < -0.3 is 4.74 Å². The van der Waals surface area contributed by atoms with Gasteiger partial charge in [-0.15, -0.1) is 0 Å². The summed E-state index contributed by atoms with van der Waals surface area (Å²) in [6.07, 6.45) is 0. The molecule has 2 aromatic carbocycles. The number of para-hydroxylation sites is 2. The van der Waals surface area contributed by atoms with Crippen LogP contribution in [0.1, 0.15) is 17.0 Å². The van der Waals surface area contributed by atoms with E-state index in [2.05, 4.69) is 0 Å². The van der Waals surface area contributed by atoms with Gasteiger partial charge in [-0.25, -0.2) is 0 Å². The Morgan fingerprint density at radius 2 is 1.27 bits per heavy atom. The first-order chi connectivity index (χ1) is 7.36. The summed E-state index contributed by atoms with van der Waals surface area (Å²) in [6, 6.07) is 15.8. The molecule has 0 amide bonds. The second kappa shape index (κ2) is 3.13. The van der Waals surface area contributed by atoms with Crippen LogP contribution in [-0.4, -0.2) is 0 Å². The molecule has 0 N–H and O–H groups in total. The highest BCUT2D eigenvalue weighted by Gasteiger charge is 2.22. The van der Waals surface area contributed by atoms with Crippen LogP contribution in [0.4, 0.5) is 0 Å². The molecule has 1 heterocycles. The average molecular weight is 194 g/mol. The summed E-state index contributed by atoms with van der Waals surface area (Å²) in [5.74, 6) is 1.65. The Bertz CT molecular complexity index is 457. The fraction of sp³-hybridized carbons (Fsp3) is 0.0714. The maximum Gasteiger partial charge on any atom is 0.131 e. The zero-order valence-corrected chi connectivity index (χ0v) is 8.18. The summed E-state index contributed by atoms with van der Waals surface area (Å²) >= 11 is 0. The molecular formula is C14H10O. The third kappa shape index (κ3) is 1.23. The van der Waals surface area contributed by atoms with Gasteiger partial charge in [0, 0.05) is 17.0 Å². The molecule has 1 heteroatoms. The van der Waals surface area contributed by atoms with Crippen molar-refractivity contribution in [2.75, 3.05) is 0 Å². The van der Waals surface area contributed by atoms with Crippen LogP contribution in [0.5, 0.6) is 11.5 Å². The predicted molar refractivity (Wildman–Crippen MR) is 59.1 cm³/mol. The van der Waals surface area contributed by atoms with E-state index in [-0.39, 0.29) is 5.92 Å². The van der Waals surface area contributed by atoms with E-state index in [0.29, 0.717) is 0 Å². The molecule has 1 aliphatic heterocycles. The smallest absolute Gasteiger partial charge is 0.131 e. The maximum atomic E-state index is 6.18. The molecule has 2 radical (unpaired) electrons. The van der Waals surface area contributed by atoms with Gasteiger partial charge in [-0.3, -0.25) is 0 Å². The van der Waals surface area contributed by atoms with Gasteiger partial charge in [0.1, 0.15) is 11.5 Å². The molecule has 0 spiro atoms. The average Bonchev–Trinajstić information content (AvgIpc) is 2.30. The SMILES string of the molecule is [CH]C1c2ccccc2Oc2ccccc21. The van der Waals surface area contributed by atoms with Crippen LogP contribution in [0.25, 0.3) is 0 Å². The molecule has 0 saturated heterocycles. The van der Waals surface area contributed by atoms with E-state index >= 15 is 0 Å². The number of fused-ring (bicyclic) bond motifs is 2. The van der Waals surface area contributed by atoms with Crippen molar-refractivity contribution in [1.82, 2.24) is 0 Å². The Morgan fingerprint density at radius 1 is 0.800 bits per heavy atom. The van der Waals surface area contributed by atoms with Crippen LogP contribution >= 0.6 is 0 Å². The summed E-state index contributed by atoms with van der Waals surface area (Å²) in [7, 11) is 0. The Balaban J connectivity index is 2.20. The molecule has 3 rings (SSSR count). The lowest BCUT2D eigenvalue weighted by Crippen LogP contribution is -2.06. The van der Waals surface area contributed by atoms with Crippen molar-refractivity contribution >= 4 is 0 Å². The zero-order valence-electron chi connectivity index (χ0n) is 8.18. The van der Waals surface area contributed by atoms with Gasteiger partial charge in [0.05, 0.1) is 0 Å². The van der Waals surface area contributed by atoms with Gasteiger partial charge >= 0.3 is 0 Å². The Kier molecular flexibility index (Phi) is 1.78. The van der Waals surface area contributed by atoms with Gasteiger partial charge in [0.2, 0.25) is 0 Å². The van der Waals surface area contributed by atoms with Crippen molar-refractivity contribution in [2.45, 2.75) is 5.92 Å². The van der Waals surface area contributed by atoms with E-state index in [0.717, 1.165) is 22.6 Å². The van der Waals surface area contributed by atoms with Crippen molar-refractivity contribution in [2.24, 2.45) is 0 Å². The van der Waals surface area contributed by atoms with E-state index in [1.54, 1.807) is 0 Å². The first kappa shape index (κ1) is 8.54. The highest BCUT2D eigenvalue weighted by atomic mass is 16.5. The quantitative estimate of drug-likeness (QED) is 0.622. The topological polar surface area (TPSA) is 9.23 Å². The highest BCUT2D eigenvalue weighted by molar-refractivity contribution is 5.53. The van der Waals surface area contributed by atoms with Crippen molar-refractivity contribution in [3.8, 4) is 11.5 Å². The van der Waals surface area contributed by atoms with Crippen molar-refractivity contribution in [1.29, 1.82) is 0 Å². The molecule has 1 aliphatic rings. The summed E-state index contributed by atoms with van der Waals surface area (Å²) < 4.78 is 5.77. The summed E-state index contributed by atoms with van der Waals surface area (Å²) in [6.45, 7) is 6.18. The lowest BCUT2D eigenvalue weighted by atomic mass is 9.90. The minimum atomic E-state index is -0.0776. The Morgan fingerprint density at radius 3 is 1.80 bits per heavy atom. The molecule has 0 unspecified atom stereocenters. The lowest BCUT2D eigenvalue weighted by molar-refractivity contribution is 0.454. The van der Waals surface area contributed by atoms with Crippen LogP contribution in [0.3, 0.4) is 0 Å². The van der Waals surface area contributed by atoms with Crippen LogP contribution in [-0.2, 0) is 0 Å². The molecule has 0 bridgehead atoms. The van der Waals surface area contributed by atoms with E-state index < -0.39 is 0 Å². The molecule has 0 fully saturated rings. The minimum absolute atomic E-state index is 0.0776. The number of ether oxygens (including phenoxy) is 1. The monoisotopic (exact) mass is 194 g/mol. The second-order valence-corrected chi connectivity index (χ2v) is 3.66. The number of rotatable bonds is 0. The normalized spacial score (nSPS) is 13.9. The van der Waals surface area contributed by atoms with Gasteiger partial charge in [-0.2, -0.15) is 0 Å². The molecular weight excluding hydrogens is 184 g/mol. The van der Waals surface area contributed by atoms with Crippen LogP contribution < -0.4 is 4.74 Å². The van der Waals surface area contributed by atoms with E-state index in [4.69, 9.17) is 11.7 Å². The molecule has 2 aromatic rings. The van der Waals surface area contributed by atoms with Crippen LogP contribution in [0.2, 0.25) is 0 Å². The first-order valence-corrected chi connectivity index (χ1v) is 4.97.